The molecule has 0 aromatic carbocycles. The zero-order valence-corrected chi connectivity index (χ0v) is 8.79. The Kier molecular flexibility index (Phi) is 8.17. The van der Waals surface area contributed by atoms with Crippen LogP contribution in [-0.4, -0.2) is 41.6 Å². The number of amides is 2. The molecule has 0 saturated carbocycles. The van der Waals surface area contributed by atoms with Gasteiger partial charge in [-0.2, -0.15) is 0 Å². The smallest absolute Gasteiger partial charge is 0.320 e. The number of halogens is 1. The van der Waals surface area contributed by atoms with Crippen LogP contribution in [0.4, 0.5) is 4.79 Å². The van der Waals surface area contributed by atoms with Crippen molar-refractivity contribution in [2.24, 2.45) is 11.5 Å². The molecule has 0 fully saturated rings. The molecule has 0 heterocycles. The Labute approximate surface area is 88.6 Å². The summed E-state index contributed by atoms with van der Waals surface area (Å²) >= 11 is 0. The number of nitrogens with zero attached hydrogens (tertiary/aromatic N) is 1. The lowest BCUT2D eigenvalue weighted by Crippen LogP contribution is -2.35. The number of aliphatic carboxylic acids is 1. The Balaban J connectivity index is 0. The van der Waals surface area contributed by atoms with Crippen molar-refractivity contribution in [3.05, 3.63) is 0 Å². The molecule has 2 amide bonds. The quantitative estimate of drug-likeness (QED) is 0.592. The number of carbonyl (C=O) groups excluding carboxylic acids is 1. The van der Waals surface area contributed by atoms with Gasteiger partial charge in [0.2, 0.25) is 0 Å². The number of primary amides is 1. The van der Waals surface area contributed by atoms with Crippen molar-refractivity contribution >= 4 is 24.4 Å². The van der Waals surface area contributed by atoms with Crippen LogP contribution in [0.2, 0.25) is 0 Å². The molecule has 0 aromatic rings. The van der Waals surface area contributed by atoms with Crippen molar-refractivity contribution in [3.8, 4) is 0 Å². The minimum absolute atomic E-state index is 0. The van der Waals surface area contributed by atoms with E-state index in [9.17, 15) is 9.59 Å². The predicted octanol–water partition coefficient (Wildman–Crippen LogP) is -0.389. The number of nitrogens with two attached hydrogens (primary N) is 2. The van der Waals surface area contributed by atoms with Crippen LogP contribution in [0, 0.1) is 0 Å². The Morgan fingerprint density at radius 2 is 2.00 bits per heavy atom. The molecule has 0 radical (unpaired) electrons. The van der Waals surface area contributed by atoms with Gasteiger partial charge < -0.3 is 21.5 Å². The average molecular weight is 226 g/mol. The molecule has 6 nitrogen and oxygen atoms in total. The van der Waals surface area contributed by atoms with Crippen LogP contribution >= 0.6 is 12.4 Å². The van der Waals surface area contributed by atoms with Crippen molar-refractivity contribution in [1.29, 1.82) is 0 Å². The minimum Gasteiger partial charge on any atom is -0.480 e. The summed E-state index contributed by atoms with van der Waals surface area (Å²) in [6, 6.07) is -1.38. The van der Waals surface area contributed by atoms with Gasteiger partial charge in [0.1, 0.15) is 6.04 Å². The molecule has 84 valence electrons. The molecule has 1 atom stereocenters. The molecule has 0 unspecified atom stereocenters. The van der Waals surface area contributed by atoms with Crippen LogP contribution in [0.5, 0.6) is 0 Å². The lowest BCUT2D eigenvalue weighted by Gasteiger charge is -2.14. The molecule has 14 heavy (non-hydrogen) atoms. The fraction of sp³-hybridized carbons (Fsp3) is 0.714. The molecule has 0 aliphatic rings. The normalized spacial score (nSPS) is 11.3. The summed E-state index contributed by atoms with van der Waals surface area (Å²) in [4.78, 5) is 22.1. The monoisotopic (exact) mass is 225 g/mol. The third-order valence-corrected chi connectivity index (χ3v) is 1.70. The van der Waals surface area contributed by atoms with Gasteiger partial charge in [0.25, 0.3) is 0 Å². The van der Waals surface area contributed by atoms with Gasteiger partial charge in [-0.25, -0.2) is 4.79 Å². The molecule has 0 saturated heterocycles. The second kappa shape index (κ2) is 7.40. The number of rotatable bonds is 5. The maximum absolute atomic E-state index is 10.5. The SMILES string of the molecule is CN(CCC[C@H](N)C(=O)O)C(N)=O.Cl. The first-order valence-corrected chi connectivity index (χ1v) is 3.94. The summed E-state index contributed by atoms with van der Waals surface area (Å²) in [5.74, 6) is -1.03. The molecule has 0 bridgehead atoms. The number of carbonyl (C=O) groups is 2. The van der Waals surface area contributed by atoms with Gasteiger partial charge in [-0.1, -0.05) is 0 Å². The van der Waals surface area contributed by atoms with E-state index in [0.717, 1.165) is 0 Å². The Morgan fingerprint density at radius 3 is 2.36 bits per heavy atom. The van der Waals surface area contributed by atoms with Crippen molar-refractivity contribution in [1.82, 2.24) is 4.90 Å². The molecular weight excluding hydrogens is 210 g/mol. The van der Waals surface area contributed by atoms with Crippen LogP contribution in [0.3, 0.4) is 0 Å². The summed E-state index contributed by atoms with van der Waals surface area (Å²) in [5.41, 5.74) is 10.2. The van der Waals surface area contributed by atoms with Gasteiger partial charge >= 0.3 is 12.0 Å². The second-order valence-electron chi connectivity index (χ2n) is 2.85. The minimum atomic E-state index is -1.03. The average Bonchev–Trinajstić information content (AvgIpc) is 2.03. The van der Waals surface area contributed by atoms with E-state index in [2.05, 4.69) is 0 Å². The van der Waals surface area contributed by atoms with E-state index in [-0.39, 0.29) is 12.4 Å². The van der Waals surface area contributed by atoms with Crippen molar-refractivity contribution in [2.75, 3.05) is 13.6 Å². The highest BCUT2D eigenvalue weighted by Crippen LogP contribution is 1.96. The van der Waals surface area contributed by atoms with Crippen LogP contribution in [0.1, 0.15) is 12.8 Å². The highest BCUT2D eigenvalue weighted by atomic mass is 35.5. The van der Waals surface area contributed by atoms with Gasteiger partial charge in [-0.15, -0.1) is 12.4 Å². The van der Waals surface area contributed by atoms with Crippen LogP contribution in [-0.2, 0) is 4.79 Å². The fourth-order valence-corrected chi connectivity index (χ4v) is 0.782. The van der Waals surface area contributed by atoms with Crippen molar-refractivity contribution < 1.29 is 14.7 Å². The van der Waals surface area contributed by atoms with E-state index in [1.54, 1.807) is 7.05 Å². The summed E-state index contributed by atoms with van der Waals surface area (Å²) in [5, 5.41) is 8.43. The first kappa shape index (κ1) is 15.5. The molecule has 0 rings (SSSR count). The topological polar surface area (TPSA) is 110 Å². The van der Waals surface area contributed by atoms with Crippen LogP contribution in [0.15, 0.2) is 0 Å². The van der Waals surface area contributed by atoms with Crippen molar-refractivity contribution in [3.63, 3.8) is 0 Å². The maximum atomic E-state index is 10.5. The Hall–Kier alpha value is -1.01. The maximum Gasteiger partial charge on any atom is 0.320 e. The number of urea groups is 1. The Bertz CT molecular complexity index is 181. The summed E-state index contributed by atoms with van der Waals surface area (Å²) in [6.07, 6.45) is 0.875. The zero-order valence-electron chi connectivity index (χ0n) is 7.97. The number of hydrogen-bond donors (Lipinski definition) is 3. The first-order valence-electron chi connectivity index (χ1n) is 3.94. The van der Waals surface area contributed by atoms with Gasteiger partial charge in [0.05, 0.1) is 0 Å². The van der Waals surface area contributed by atoms with Crippen LogP contribution in [0.25, 0.3) is 0 Å². The van der Waals surface area contributed by atoms with Crippen molar-refractivity contribution in [2.45, 2.75) is 18.9 Å². The summed E-state index contributed by atoms with van der Waals surface area (Å²) in [6.45, 7) is 0.427. The third kappa shape index (κ3) is 6.50. The van der Waals surface area contributed by atoms with Gasteiger partial charge in [-0.05, 0) is 12.8 Å². The lowest BCUT2D eigenvalue weighted by atomic mass is 10.2. The molecule has 0 spiro atoms. The molecule has 0 aliphatic heterocycles. The van der Waals surface area contributed by atoms with Crippen LogP contribution < -0.4 is 11.5 Å². The largest absolute Gasteiger partial charge is 0.480 e. The standard InChI is InChI=1S/C7H15N3O3.ClH/c1-10(7(9)13)4-2-3-5(8)6(11)12;/h5H,2-4,8H2,1H3,(H2,9,13)(H,11,12);1H/t5-;/m0./s1. The van der Waals surface area contributed by atoms with Gasteiger partial charge in [-0.3, -0.25) is 4.79 Å². The van der Waals surface area contributed by atoms with Gasteiger partial charge in [0, 0.05) is 13.6 Å². The summed E-state index contributed by atoms with van der Waals surface area (Å²) in [7, 11) is 1.55. The van der Waals surface area contributed by atoms with E-state index < -0.39 is 18.0 Å². The van der Waals surface area contributed by atoms with Gasteiger partial charge in [0.15, 0.2) is 0 Å². The highest BCUT2D eigenvalue weighted by molar-refractivity contribution is 5.85. The number of hydrogen-bond acceptors (Lipinski definition) is 3. The molecular formula is C7H16ClN3O3. The van der Waals surface area contributed by atoms with E-state index in [4.69, 9.17) is 16.6 Å². The van der Waals surface area contributed by atoms with E-state index >= 15 is 0 Å². The molecule has 0 aliphatic carbocycles. The third-order valence-electron chi connectivity index (χ3n) is 1.70. The number of carboxylic acid groups (broad SMARTS) is 1. The zero-order chi connectivity index (χ0) is 10.4. The highest BCUT2D eigenvalue weighted by Gasteiger charge is 2.11. The van der Waals surface area contributed by atoms with E-state index in [0.29, 0.717) is 19.4 Å². The molecule has 0 aromatic heterocycles. The number of carboxylic acids is 1. The first-order chi connectivity index (χ1) is 5.95. The fourth-order valence-electron chi connectivity index (χ4n) is 0.782. The van der Waals surface area contributed by atoms with E-state index in [1.807, 2.05) is 0 Å². The van der Waals surface area contributed by atoms with E-state index in [1.165, 1.54) is 4.90 Å². The Morgan fingerprint density at radius 1 is 1.50 bits per heavy atom. The predicted molar refractivity (Wildman–Crippen MR) is 54.3 cm³/mol. The molecule has 7 heteroatoms. The molecule has 5 N–H and O–H groups in total. The summed E-state index contributed by atoms with van der Waals surface area (Å²) < 4.78 is 0. The second-order valence-corrected chi connectivity index (χ2v) is 2.85. The lowest BCUT2D eigenvalue weighted by molar-refractivity contribution is -0.138.